The number of pyridine rings is 1. The molecule has 0 atom stereocenters. The predicted molar refractivity (Wildman–Crippen MR) is 87.3 cm³/mol. The van der Waals surface area contributed by atoms with Gasteiger partial charge in [0.2, 0.25) is 5.95 Å². The minimum Gasteiger partial charge on any atom is -0.341 e. The molecule has 3 aromatic rings. The van der Waals surface area contributed by atoms with Gasteiger partial charge in [-0.05, 0) is 37.5 Å². The smallest absolute Gasteiger partial charge is 0.225 e. The van der Waals surface area contributed by atoms with Gasteiger partial charge in [0.05, 0.1) is 22.6 Å². The van der Waals surface area contributed by atoms with E-state index < -0.39 is 0 Å². The first-order valence-electron chi connectivity index (χ1n) is 7.52. The molecular weight excluding hydrogens is 298 g/mol. The highest BCUT2D eigenvalue weighted by Crippen LogP contribution is 2.23. The zero-order valence-corrected chi connectivity index (χ0v) is 12.9. The molecule has 0 aromatic carbocycles. The summed E-state index contributed by atoms with van der Waals surface area (Å²) in [6.45, 7) is 2.06. The first-order valence-corrected chi connectivity index (χ1v) is 7.90. The molecule has 0 unspecified atom stereocenters. The number of halogens is 1. The van der Waals surface area contributed by atoms with Gasteiger partial charge in [0.1, 0.15) is 5.65 Å². The summed E-state index contributed by atoms with van der Waals surface area (Å²) in [4.78, 5) is 15.8. The number of anilines is 1. The van der Waals surface area contributed by atoms with Gasteiger partial charge in [-0.1, -0.05) is 11.6 Å². The quantitative estimate of drug-likeness (QED) is 0.727. The maximum Gasteiger partial charge on any atom is 0.225 e. The zero-order chi connectivity index (χ0) is 14.9. The fourth-order valence-electron chi connectivity index (χ4n) is 2.88. The fraction of sp³-hybridized carbons (Fsp3) is 0.312. The summed E-state index contributed by atoms with van der Waals surface area (Å²) in [6.07, 6.45) is 9.21. The van der Waals surface area contributed by atoms with Crippen molar-refractivity contribution in [3.05, 3.63) is 41.8 Å². The molecule has 6 heteroatoms. The van der Waals surface area contributed by atoms with E-state index in [9.17, 15) is 0 Å². The largest absolute Gasteiger partial charge is 0.341 e. The van der Waals surface area contributed by atoms with E-state index in [1.54, 1.807) is 0 Å². The third-order valence-corrected chi connectivity index (χ3v) is 4.24. The van der Waals surface area contributed by atoms with Crippen LogP contribution in [0.25, 0.3) is 17.0 Å². The molecule has 0 amide bonds. The molecule has 1 aliphatic heterocycles. The molecule has 1 saturated heterocycles. The van der Waals surface area contributed by atoms with Crippen molar-refractivity contribution in [3.8, 4) is 11.4 Å². The van der Waals surface area contributed by atoms with Crippen molar-refractivity contribution in [3.63, 3.8) is 0 Å². The van der Waals surface area contributed by atoms with E-state index in [-0.39, 0.29) is 0 Å². The van der Waals surface area contributed by atoms with Gasteiger partial charge in [-0.25, -0.2) is 15.0 Å². The van der Waals surface area contributed by atoms with Gasteiger partial charge in [0, 0.05) is 25.5 Å². The van der Waals surface area contributed by atoms with E-state index in [0.29, 0.717) is 5.02 Å². The monoisotopic (exact) mass is 313 g/mol. The van der Waals surface area contributed by atoms with Crippen LogP contribution in [0.4, 0.5) is 5.95 Å². The zero-order valence-electron chi connectivity index (χ0n) is 12.1. The molecule has 0 aliphatic carbocycles. The topological polar surface area (TPSA) is 46.3 Å². The second kappa shape index (κ2) is 5.57. The summed E-state index contributed by atoms with van der Waals surface area (Å²) in [5, 5.41) is 0.678. The molecule has 112 valence electrons. The second-order valence-electron chi connectivity index (χ2n) is 5.51. The summed E-state index contributed by atoms with van der Waals surface area (Å²) in [7, 11) is 0. The molecule has 22 heavy (non-hydrogen) atoms. The number of hydrogen-bond donors (Lipinski definition) is 0. The molecule has 3 aromatic heterocycles. The van der Waals surface area contributed by atoms with E-state index in [1.165, 1.54) is 19.3 Å². The Kier molecular flexibility index (Phi) is 3.42. The molecule has 0 radical (unpaired) electrons. The minimum atomic E-state index is 0.678. The summed E-state index contributed by atoms with van der Waals surface area (Å²) in [5.41, 5.74) is 2.65. The first kappa shape index (κ1) is 13.5. The Morgan fingerprint density at radius 1 is 1.00 bits per heavy atom. The highest BCUT2D eigenvalue weighted by molar-refractivity contribution is 6.30. The van der Waals surface area contributed by atoms with Crippen molar-refractivity contribution >= 4 is 23.2 Å². The standard InChI is InChI=1S/C16H16ClN5/c17-12-4-5-15-19-10-14(22(15)11-12)13-6-7-18-16(20-13)21-8-2-1-3-9-21/h4-7,10-11H,1-3,8-9H2. The van der Waals surface area contributed by atoms with Gasteiger partial charge >= 0.3 is 0 Å². The van der Waals surface area contributed by atoms with E-state index in [2.05, 4.69) is 14.9 Å². The number of imidazole rings is 1. The maximum absolute atomic E-state index is 6.10. The Morgan fingerprint density at radius 2 is 1.86 bits per heavy atom. The van der Waals surface area contributed by atoms with Gasteiger partial charge in [0.25, 0.3) is 0 Å². The van der Waals surface area contributed by atoms with Crippen molar-refractivity contribution in [1.29, 1.82) is 0 Å². The van der Waals surface area contributed by atoms with Crippen LogP contribution < -0.4 is 4.90 Å². The van der Waals surface area contributed by atoms with Crippen molar-refractivity contribution in [2.45, 2.75) is 19.3 Å². The molecule has 4 heterocycles. The van der Waals surface area contributed by atoms with Crippen molar-refractivity contribution in [2.75, 3.05) is 18.0 Å². The summed E-state index contributed by atoms with van der Waals surface area (Å²) < 4.78 is 1.96. The molecule has 0 bridgehead atoms. The van der Waals surface area contributed by atoms with Crippen LogP contribution in [-0.2, 0) is 0 Å². The average molecular weight is 314 g/mol. The lowest BCUT2D eigenvalue weighted by atomic mass is 10.1. The van der Waals surface area contributed by atoms with E-state index >= 15 is 0 Å². The molecule has 1 aliphatic rings. The molecular formula is C16H16ClN5. The first-order chi connectivity index (χ1) is 10.8. The van der Waals surface area contributed by atoms with Crippen LogP contribution in [0.1, 0.15) is 19.3 Å². The number of aromatic nitrogens is 4. The van der Waals surface area contributed by atoms with Crippen LogP contribution in [0.2, 0.25) is 5.02 Å². The lowest BCUT2D eigenvalue weighted by Crippen LogP contribution is -2.31. The second-order valence-corrected chi connectivity index (χ2v) is 5.94. The summed E-state index contributed by atoms with van der Waals surface area (Å²) >= 11 is 6.10. The Bertz CT molecular complexity index is 807. The fourth-order valence-corrected chi connectivity index (χ4v) is 3.04. The van der Waals surface area contributed by atoms with Gasteiger partial charge in [-0.3, -0.25) is 4.40 Å². The minimum absolute atomic E-state index is 0.678. The number of piperidine rings is 1. The average Bonchev–Trinajstić information content (AvgIpc) is 2.99. The van der Waals surface area contributed by atoms with E-state index in [1.807, 2.05) is 41.2 Å². The molecule has 0 N–H and O–H groups in total. The van der Waals surface area contributed by atoms with Crippen LogP contribution in [0, 0.1) is 0 Å². The van der Waals surface area contributed by atoms with E-state index in [4.69, 9.17) is 16.6 Å². The Hall–Kier alpha value is -2.14. The summed E-state index contributed by atoms with van der Waals surface area (Å²) in [5.74, 6) is 0.800. The Morgan fingerprint density at radius 3 is 2.73 bits per heavy atom. The molecule has 4 rings (SSSR count). The third-order valence-electron chi connectivity index (χ3n) is 4.01. The Labute approximate surface area is 133 Å². The van der Waals surface area contributed by atoms with Gasteiger partial charge in [-0.15, -0.1) is 0 Å². The molecule has 5 nitrogen and oxygen atoms in total. The van der Waals surface area contributed by atoms with Crippen LogP contribution >= 0.6 is 11.6 Å². The normalized spacial score (nSPS) is 15.4. The highest BCUT2D eigenvalue weighted by atomic mass is 35.5. The van der Waals surface area contributed by atoms with Crippen LogP contribution in [0.15, 0.2) is 36.8 Å². The number of rotatable bonds is 2. The van der Waals surface area contributed by atoms with Crippen molar-refractivity contribution < 1.29 is 0 Å². The number of fused-ring (bicyclic) bond motifs is 1. The molecule has 0 spiro atoms. The molecule has 1 fully saturated rings. The number of hydrogen-bond acceptors (Lipinski definition) is 4. The summed E-state index contributed by atoms with van der Waals surface area (Å²) in [6, 6.07) is 5.66. The number of nitrogens with zero attached hydrogens (tertiary/aromatic N) is 5. The van der Waals surface area contributed by atoms with Crippen molar-refractivity contribution in [1.82, 2.24) is 19.4 Å². The van der Waals surface area contributed by atoms with E-state index in [0.717, 1.165) is 36.1 Å². The van der Waals surface area contributed by atoms with Crippen molar-refractivity contribution in [2.24, 2.45) is 0 Å². The van der Waals surface area contributed by atoms with Gasteiger partial charge < -0.3 is 4.90 Å². The van der Waals surface area contributed by atoms with Crippen LogP contribution in [-0.4, -0.2) is 32.4 Å². The SMILES string of the molecule is Clc1ccc2ncc(-c3ccnc(N4CCCCC4)n3)n2c1. The lowest BCUT2D eigenvalue weighted by Gasteiger charge is -2.26. The Balaban J connectivity index is 1.76. The van der Waals surface area contributed by atoms with Gasteiger partial charge in [-0.2, -0.15) is 0 Å². The van der Waals surface area contributed by atoms with Gasteiger partial charge in [0.15, 0.2) is 0 Å². The lowest BCUT2D eigenvalue weighted by molar-refractivity contribution is 0.568. The highest BCUT2D eigenvalue weighted by Gasteiger charge is 2.15. The maximum atomic E-state index is 6.10. The predicted octanol–water partition coefficient (Wildman–Crippen LogP) is 3.44. The van der Waals surface area contributed by atoms with Crippen LogP contribution in [0.3, 0.4) is 0 Å². The third kappa shape index (κ3) is 2.41. The van der Waals surface area contributed by atoms with Crippen LogP contribution in [0.5, 0.6) is 0 Å². The molecule has 0 saturated carbocycles.